The molecule has 0 fully saturated rings. The van der Waals surface area contributed by atoms with Crippen molar-refractivity contribution in [3.05, 3.63) is 52.5 Å². The van der Waals surface area contributed by atoms with Gasteiger partial charge in [-0.2, -0.15) is 0 Å². The molecule has 0 aliphatic heterocycles. The molecule has 0 unspecified atom stereocenters. The zero-order valence-corrected chi connectivity index (χ0v) is 12.0. The van der Waals surface area contributed by atoms with Gasteiger partial charge in [0.2, 0.25) is 5.78 Å². The number of rotatable bonds is 4. The van der Waals surface area contributed by atoms with E-state index in [1.165, 1.54) is 0 Å². The molecular weight excluding hydrogens is 292 g/mol. The van der Waals surface area contributed by atoms with Crippen molar-refractivity contribution in [1.82, 2.24) is 9.55 Å². The van der Waals surface area contributed by atoms with E-state index in [1.54, 1.807) is 6.20 Å². The number of hydrogen-bond donors (Lipinski definition) is 0. The fourth-order valence-corrected chi connectivity index (χ4v) is 2.08. The van der Waals surface area contributed by atoms with E-state index in [0.717, 1.165) is 10.0 Å². The normalized spacial score (nSPS) is 10.9. The number of benzene rings is 1. The van der Waals surface area contributed by atoms with Gasteiger partial charge in [0.15, 0.2) is 5.82 Å². The molecule has 0 bridgehead atoms. The van der Waals surface area contributed by atoms with Crippen molar-refractivity contribution < 1.29 is 4.79 Å². The summed E-state index contributed by atoms with van der Waals surface area (Å²) >= 11 is 3.38. The van der Waals surface area contributed by atoms with Crippen molar-refractivity contribution in [3.63, 3.8) is 0 Å². The van der Waals surface area contributed by atoms with E-state index in [9.17, 15) is 4.79 Å². The Bertz CT molecular complexity index is 543. The number of Topliss-reactive ketones (excluding diaryl/α,β-unsaturated/α-hetero) is 1. The van der Waals surface area contributed by atoms with E-state index < -0.39 is 0 Å². The maximum atomic E-state index is 12.2. The average Bonchev–Trinajstić information content (AvgIpc) is 2.81. The number of ketones is 1. The molecule has 1 aromatic carbocycles. The molecular formula is C14H15BrN2O. The molecule has 0 saturated carbocycles. The van der Waals surface area contributed by atoms with Gasteiger partial charge in [-0.25, -0.2) is 4.98 Å². The average molecular weight is 307 g/mol. The van der Waals surface area contributed by atoms with Gasteiger partial charge in [0.1, 0.15) is 0 Å². The van der Waals surface area contributed by atoms with E-state index >= 15 is 0 Å². The van der Waals surface area contributed by atoms with Crippen LogP contribution in [0.25, 0.3) is 0 Å². The Kier molecular flexibility index (Phi) is 3.97. The van der Waals surface area contributed by atoms with Crippen LogP contribution in [0.2, 0.25) is 0 Å². The Hall–Kier alpha value is -1.42. The first-order valence-corrected chi connectivity index (χ1v) is 6.67. The highest BCUT2D eigenvalue weighted by Crippen LogP contribution is 2.14. The second-order valence-corrected chi connectivity index (χ2v) is 5.39. The van der Waals surface area contributed by atoms with Gasteiger partial charge in [0, 0.05) is 29.3 Å². The van der Waals surface area contributed by atoms with E-state index in [4.69, 9.17) is 0 Å². The van der Waals surface area contributed by atoms with Crippen LogP contribution in [0.4, 0.5) is 0 Å². The summed E-state index contributed by atoms with van der Waals surface area (Å²) in [5.41, 5.74) is 1.00. The predicted molar refractivity (Wildman–Crippen MR) is 74.8 cm³/mol. The first kappa shape index (κ1) is 13.0. The molecule has 1 aromatic heterocycles. The smallest absolute Gasteiger partial charge is 0.202 e. The highest BCUT2D eigenvalue weighted by atomic mass is 79.9. The molecule has 4 heteroatoms. The fourth-order valence-electron chi connectivity index (χ4n) is 1.81. The summed E-state index contributed by atoms with van der Waals surface area (Å²) in [5.74, 6) is 0.587. The van der Waals surface area contributed by atoms with Crippen LogP contribution in [0.3, 0.4) is 0 Å². The number of aromatic nitrogens is 2. The lowest BCUT2D eigenvalue weighted by Crippen LogP contribution is -2.13. The highest BCUT2D eigenvalue weighted by molar-refractivity contribution is 9.10. The Balaban J connectivity index is 2.17. The molecule has 2 rings (SSSR count). The molecule has 0 atom stereocenters. The summed E-state index contributed by atoms with van der Waals surface area (Å²) in [7, 11) is 0. The van der Waals surface area contributed by atoms with Gasteiger partial charge in [-0.3, -0.25) is 4.79 Å². The minimum Gasteiger partial charge on any atom is -0.326 e. The number of carbonyl (C=O) groups is 1. The molecule has 18 heavy (non-hydrogen) atoms. The van der Waals surface area contributed by atoms with Crippen LogP contribution in [0.5, 0.6) is 0 Å². The molecule has 94 valence electrons. The predicted octanol–water partition coefficient (Wildman–Crippen LogP) is 3.65. The molecule has 0 N–H and O–H groups in total. The molecule has 3 nitrogen and oxygen atoms in total. The fraction of sp³-hybridized carbons (Fsp3) is 0.286. The van der Waals surface area contributed by atoms with Crippen LogP contribution in [-0.4, -0.2) is 15.3 Å². The largest absolute Gasteiger partial charge is 0.326 e. The highest BCUT2D eigenvalue weighted by Gasteiger charge is 2.14. The third kappa shape index (κ3) is 2.88. The number of carbonyl (C=O) groups excluding carboxylic acids is 1. The molecule has 1 heterocycles. The van der Waals surface area contributed by atoms with Gasteiger partial charge in [-0.1, -0.05) is 28.1 Å². The zero-order chi connectivity index (χ0) is 13.1. The minimum atomic E-state index is 0.0519. The van der Waals surface area contributed by atoms with Crippen molar-refractivity contribution in [2.24, 2.45) is 0 Å². The zero-order valence-electron chi connectivity index (χ0n) is 10.4. The van der Waals surface area contributed by atoms with Crippen molar-refractivity contribution in [3.8, 4) is 0 Å². The Morgan fingerprint density at radius 1 is 1.33 bits per heavy atom. The van der Waals surface area contributed by atoms with Gasteiger partial charge >= 0.3 is 0 Å². The van der Waals surface area contributed by atoms with Gasteiger partial charge in [0.25, 0.3) is 0 Å². The van der Waals surface area contributed by atoms with Crippen LogP contribution in [0.1, 0.15) is 36.1 Å². The summed E-state index contributed by atoms with van der Waals surface area (Å²) in [5, 5.41) is 0. The van der Waals surface area contributed by atoms with Crippen molar-refractivity contribution in [2.45, 2.75) is 26.3 Å². The Labute approximate surface area is 115 Å². The van der Waals surface area contributed by atoms with Gasteiger partial charge in [0.05, 0.1) is 0 Å². The second kappa shape index (κ2) is 5.48. The van der Waals surface area contributed by atoms with Gasteiger partial charge in [-0.05, 0) is 31.5 Å². The molecule has 0 amide bonds. The van der Waals surface area contributed by atoms with Crippen molar-refractivity contribution in [1.29, 1.82) is 0 Å². The summed E-state index contributed by atoms with van der Waals surface area (Å²) < 4.78 is 2.92. The monoisotopic (exact) mass is 306 g/mol. The third-order valence-electron chi connectivity index (χ3n) is 2.75. The first-order chi connectivity index (χ1) is 8.58. The van der Waals surface area contributed by atoms with Gasteiger partial charge < -0.3 is 4.57 Å². The topological polar surface area (TPSA) is 34.9 Å². The molecule has 0 radical (unpaired) electrons. The second-order valence-electron chi connectivity index (χ2n) is 4.48. The minimum absolute atomic E-state index is 0.0519. The van der Waals surface area contributed by atoms with Crippen LogP contribution < -0.4 is 0 Å². The number of nitrogens with zero attached hydrogens (tertiary/aromatic N) is 2. The lowest BCUT2D eigenvalue weighted by atomic mass is 10.1. The van der Waals surface area contributed by atoms with Crippen LogP contribution >= 0.6 is 15.9 Å². The summed E-state index contributed by atoms with van der Waals surface area (Å²) in [6, 6.07) is 8.03. The SMILES string of the molecule is CC(C)n1ccnc1C(=O)Cc1ccc(Br)cc1. The third-order valence-corrected chi connectivity index (χ3v) is 3.28. The van der Waals surface area contributed by atoms with Crippen LogP contribution in [-0.2, 0) is 6.42 Å². The Morgan fingerprint density at radius 3 is 2.61 bits per heavy atom. The molecule has 0 aliphatic rings. The van der Waals surface area contributed by atoms with Gasteiger partial charge in [-0.15, -0.1) is 0 Å². The summed E-state index contributed by atoms with van der Waals surface area (Å²) in [4.78, 5) is 16.3. The first-order valence-electron chi connectivity index (χ1n) is 5.88. The lowest BCUT2D eigenvalue weighted by Gasteiger charge is -2.10. The van der Waals surface area contributed by atoms with E-state index in [-0.39, 0.29) is 11.8 Å². The Morgan fingerprint density at radius 2 is 2.00 bits per heavy atom. The molecule has 0 saturated heterocycles. The summed E-state index contributed by atoms with van der Waals surface area (Å²) in [6.45, 7) is 4.08. The standard InChI is InChI=1S/C14H15BrN2O/c1-10(2)17-8-7-16-14(17)13(18)9-11-3-5-12(15)6-4-11/h3-8,10H,9H2,1-2H3. The number of hydrogen-bond acceptors (Lipinski definition) is 2. The van der Waals surface area contributed by atoms with E-state index in [1.807, 2.05) is 48.9 Å². The number of imidazole rings is 1. The number of halogens is 1. The quantitative estimate of drug-likeness (QED) is 0.808. The van der Waals surface area contributed by atoms with Crippen molar-refractivity contribution >= 4 is 21.7 Å². The molecule has 2 aromatic rings. The van der Waals surface area contributed by atoms with Crippen LogP contribution in [0, 0.1) is 0 Å². The summed E-state index contributed by atoms with van der Waals surface area (Å²) in [6.07, 6.45) is 3.91. The van der Waals surface area contributed by atoms with E-state index in [2.05, 4.69) is 20.9 Å². The maximum absolute atomic E-state index is 12.2. The molecule has 0 aliphatic carbocycles. The van der Waals surface area contributed by atoms with E-state index in [0.29, 0.717) is 12.2 Å². The van der Waals surface area contributed by atoms with Crippen molar-refractivity contribution in [2.75, 3.05) is 0 Å². The lowest BCUT2D eigenvalue weighted by molar-refractivity contribution is 0.0977. The van der Waals surface area contributed by atoms with Crippen LogP contribution in [0.15, 0.2) is 41.1 Å². The molecule has 0 spiro atoms. The maximum Gasteiger partial charge on any atom is 0.202 e.